The number of rotatable bonds is 9. The lowest BCUT2D eigenvalue weighted by Crippen LogP contribution is -2.32. The van der Waals surface area contributed by atoms with E-state index in [1.165, 1.54) is 18.3 Å². The number of methoxy groups -OCH3 is 1. The first-order valence-corrected chi connectivity index (χ1v) is 14.1. The van der Waals surface area contributed by atoms with E-state index in [9.17, 15) is 14.4 Å². The average Bonchev–Trinajstić information content (AvgIpc) is 3.43. The Morgan fingerprint density at radius 3 is 2.20 bits per heavy atom. The Balaban J connectivity index is 1.85. The van der Waals surface area contributed by atoms with Crippen molar-refractivity contribution in [1.82, 2.24) is 10.3 Å². The number of thiazole rings is 1. The molecule has 1 aromatic heterocycles. The van der Waals surface area contributed by atoms with Crippen LogP contribution in [0.4, 0.5) is 5.69 Å². The Morgan fingerprint density at radius 1 is 0.976 bits per heavy atom. The molecule has 9 nitrogen and oxygen atoms in total. The molecule has 0 spiro atoms. The van der Waals surface area contributed by atoms with Gasteiger partial charge >= 0.3 is 11.9 Å². The van der Waals surface area contributed by atoms with Gasteiger partial charge in [-0.05, 0) is 51.5 Å². The molecular formula is C31H33N3O6S. The quantitative estimate of drug-likeness (QED) is 0.308. The van der Waals surface area contributed by atoms with E-state index >= 15 is 0 Å². The molecule has 1 amide bonds. The van der Waals surface area contributed by atoms with E-state index in [-0.39, 0.29) is 19.1 Å². The highest BCUT2D eigenvalue weighted by Gasteiger charge is 2.39. The fraction of sp³-hybridized carbons (Fsp3) is 0.290. The van der Waals surface area contributed by atoms with Gasteiger partial charge in [0.1, 0.15) is 10.8 Å². The van der Waals surface area contributed by atoms with Crippen molar-refractivity contribution in [3.63, 3.8) is 0 Å². The first-order valence-electron chi connectivity index (χ1n) is 13.2. The van der Waals surface area contributed by atoms with Crippen molar-refractivity contribution in [1.29, 1.82) is 0 Å². The smallest absolute Gasteiger partial charge is 0.336 e. The number of nitrogens with zero attached hydrogens (tertiary/aromatic N) is 1. The Morgan fingerprint density at radius 2 is 1.61 bits per heavy atom. The van der Waals surface area contributed by atoms with Crippen LogP contribution >= 0.6 is 11.3 Å². The lowest BCUT2D eigenvalue weighted by Gasteiger charge is -2.31. The maximum absolute atomic E-state index is 13.3. The number of hydrogen-bond acceptors (Lipinski definition) is 9. The number of hydrogen-bond donors (Lipinski definition) is 2. The summed E-state index contributed by atoms with van der Waals surface area (Å²) in [4.78, 5) is 43.2. The molecule has 214 valence electrons. The molecule has 2 N–H and O–H groups in total. The number of carbonyl (C=O) groups is 3. The monoisotopic (exact) mass is 575 g/mol. The number of aromatic nitrogens is 1. The molecule has 2 aromatic carbocycles. The number of anilines is 1. The van der Waals surface area contributed by atoms with Gasteiger partial charge in [-0.15, -0.1) is 11.3 Å². The van der Waals surface area contributed by atoms with Gasteiger partial charge in [-0.1, -0.05) is 24.3 Å². The number of amides is 1. The van der Waals surface area contributed by atoms with E-state index in [0.29, 0.717) is 44.7 Å². The third-order valence-electron chi connectivity index (χ3n) is 6.56. The molecule has 41 heavy (non-hydrogen) atoms. The fourth-order valence-corrected chi connectivity index (χ4v) is 5.77. The summed E-state index contributed by atoms with van der Waals surface area (Å²) in [7, 11) is 1.54. The summed E-state index contributed by atoms with van der Waals surface area (Å²) < 4.78 is 16.2. The minimum atomic E-state index is -0.731. The number of carbonyl (C=O) groups excluding carboxylic acids is 3. The van der Waals surface area contributed by atoms with Crippen LogP contribution in [0.5, 0.6) is 5.75 Å². The van der Waals surface area contributed by atoms with Crippen LogP contribution in [0.25, 0.3) is 21.8 Å². The van der Waals surface area contributed by atoms with Crippen LogP contribution in [-0.2, 0) is 23.9 Å². The van der Waals surface area contributed by atoms with Crippen LogP contribution in [0.3, 0.4) is 0 Å². The molecule has 0 bridgehead atoms. The molecule has 4 rings (SSSR count). The number of esters is 2. The highest BCUT2D eigenvalue weighted by atomic mass is 32.1. The van der Waals surface area contributed by atoms with Crippen molar-refractivity contribution in [2.45, 2.75) is 40.5 Å². The molecule has 0 saturated carbocycles. The molecule has 0 fully saturated rings. The lowest BCUT2D eigenvalue weighted by atomic mass is 9.78. The van der Waals surface area contributed by atoms with Crippen LogP contribution in [0.15, 0.2) is 70.4 Å². The number of allylic oxidation sites excluding steroid dienone is 2. The number of benzene rings is 2. The zero-order valence-corrected chi connectivity index (χ0v) is 24.7. The summed E-state index contributed by atoms with van der Waals surface area (Å²) in [6, 6.07) is 13.0. The normalized spacial score (nSPS) is 13.5. The standard InChI is InChI=1S/C31H33N3O6S/c1-7-39-30(36)26-17(3)32-18(4)27(31(37)40-8-2)28(26)21-11-9-10-12-22(21)29-34-24(16-41-29)20-13-14-25(38-6)23(15-20)33-19(5)35/h9-16,28,32H,7-8H2,1-6H3,(H,33,35). The van der Waals surface area contributed by atoms with Crippen LogP contribution in [-0.4, -0.2) is 43.2 Å². The fourth-order valence-electron chi connectivity index (χ4n) is 4.89. The van der Waals surface area contributed by atoms with Crippen molar-refractivity contribution in [3.8, 4) is 27.6 Å². The first kappa shape index (κ1) is 29.5. The van der Waals surface area contributed by atoms with Crippen molar-refractivity contribution in [3.05, 3.63) is 75.9 Å². The van der Waals surface area contributed by atoms with E-state index in [1.807, 2.05) is 41.8 Å². The summed E-state index contributed by atoms with van der Waals surface area (Å²) in [5.74, 6) is -1.41. The van der Waals surface area contributed by atoms with Gasteiger partial charge in [0, 0.05) is 34.8 Å². The molecule has 10 heteroatoms. The van der Waals surface area contributed by atoms with Crippen molar-refractivity contribution in [2.24, 2.45) is 0 Å². The van der Waals surface area contributed by atoms with E-state index in [4.69, 9.17) is 19.2 Å². The summed E-state index contributed by atoms with van der Waals surface area (Å²) in [6.45, 7) is 8.91. The van der Waals surface area contributed by atoms with Gasteiger partial charge in [0.25, 0.3) is 0 Å². The van der Waals surface area contributed by atoms with Gasteiger partial charge in [0.15, 0.2) is 0 Å². The molecule has 1 aliphatic heterocycles. The largest absolute Gasteiger partial charge is 0.495 e. The molecule has 3 aromatic rings. The van der Waals surface area contributed by atoms with Gasteiger partial charge in [0.05, 0.1) is 48.8 Å². The Labute approximate surface area is 243 Å². The summed E-state index contributed by atoms with van der Waals surface area (Å²) >= 11 is 1.44. The van der Waals surface area contributed by atoms with Crippen molar-refractivity contribution >= 4 is 34.9 Å². The van der Waals surface area contributed by atoms with E-state index in [0.717, 1.165) is 16.7 Å². The van der Waals surface area contributed by atoms with Gasteiger partial charge < -0.3 is 24.8 Å². The minimum Gasteiger partial charge on any atom is -0.495 e. The molecular weight excluding hydrogens is 542 g/mol. The van der Waals surface area contributed by atoms with Crippen molar-refractivity contribution in [2.75, 3.05) is 25.6 Å². The van der Waals surface area contributed by atoms with E-state index in [1.54, 1.807) is 40.9 Å². The zero-order chi connectivity index (χ0) is 29.7. The maximum atomic E-state index is 13.3. The highest BCUT2D eigenvalue weighted by Crippen LogP contribution is 2.44. The highest BCUT2D eigenvalue weighted by molar-refractivity contribution is 7.13. The molecule has 0 aliphatic carbocycles. The van der Waals surface area contributed by atoms with Gasteiger partial charge in [0.2, 0.25) is 5.91 Å². The van der Waals surface area contributed by atoms with Crippen LogP contribution in [0, 0.1) is 0 Å². The molecule has 0 radical (unpaired) electrons. The molecule has 0 unspecified atom stereocenters. The molecule has 1 aliphatic rings. The minimum absolute atomic E-state index is 0.194. The third-order valence-corrected chi connectivity index (χ3v) is 7.44. The summed E-state index contributed by atoms with van der Waals surface area (Å²) in [5, 5.41) is 8.59. The van der Waals surface area contributed by atoms with E-state index in [2.05, 4.69) is 10.6 Å². The van der Waals surface area contributed by atoms with Gasteiger partial charge in [-0.2, -0.15) is 0 Å². The Kier molecular flexibility index (Phi) is 9.24. The average molecular weight is 576 g/mol. The third kappa shape index (κ3) is 6.17. The topological polar surface area (TPSA) is 116 Å². The molecule has 0 saturated heterocycles. The second kappa shape index (κ2) is 12.8. The molecule has 2 heterocycles. The van der Waals surface area contributed by atoms with Gasteiger partial charge in [-0.25, -0.2) is 14.6 Å². The summed E-state index contributed by atoms with van der Waals surface area (Å²) in [6.07, 6.45) is 0. The van der Waals surface area contributed by atoms with Crippen LogP contribution < -0.4 is 15.4 Å². The lowest BCUT2D eigenvalue weighted by molar-refractivity contribution is -0.139. The number of dihydropyridines is 1. The van der Waals surface area contributed by atoms with Crippen LogP contribution in [0.2, 0.25) is 0 Å². The second-order valence-electron chi connectivity index (χ2n) is 9.30. The SMILES string of the molecule is CCOC(=O)C1=C(C)NC(C)=C(C(=O)OCC)C1c1ccccc1-c1nc(-c2ccc(OC)c(NC(C)=O)c2)cs1. The first-order chi connectivity index (χ1) is 19.7. The molecule has 0 atom stereocenters. The zero-order valence-electron chi connectivity index (χ0n) is 23.9. The van der Waals surface area contributed by atoms with Crippen LogP contribution in [0.1, 0.15) is 46.1 Å². The van der Waals surface area contributed by atoms with Crippen molar-refractivity contribution < 1.29 is 28.6 Å². The second-order valence-corrected chi connectivity index (χ2v) is 10.2. The predicted octanol–water partition coefficient (Wildman–Crippen LogP) is 5.81. The number of nitrogens with one attached hydrogen (secondary N) is 2. The Bertz CT molecular complexity index is 1510. The maximum Gasteiger partial charge on any atom is 0.336 e. The Hall–Kier alpha value is -4.44. The van der Waals surface area contributed by atoms with E-state index < -0.39 is 17.9 Å². The predicted molar refractivity (Wildman–Crippen MR) is 158 cm³/mol. The number of ether oxygens (including phenoxy) is 3. The van der Waals surface area contributed by atoms with Gasteiger partial charge in [-0.3, -0.25) is 4.79 Å². The summed E-state index contributed by atoms with van der Waals surface area (Å²) in [5.41, 5.74) is 5.45.